The number of nitrogens with one attached hydrogen (secondary N) is 1. The van der Waals surface area contributed by atoms with Gasteiger partial charge in [-0.2, -0.15) is 0 Å². The molecular formula is C12H26N6. The van der Waals surface area contributed by atoms with E-state index in [1.165, 1.54) is 25.8 Å². The van der Waals surface area contributed by atoms with Gasteiger partial charge in [-0.25, -0.2) is 0 Å². The van der Waals surface area contributed by atoms with Crippen molar-refractivity contribution in [1.29, 1.82) is 0 Å². The lowest BCUT2D eigenvalue weighted by Crippen LogP contribution is -2.56. The van der Waals surface area contributed by atoms with Crippen LogP contribution in [0, 0.1) is 0 Å². The summed E-state index contributed by atoms with van der Waals surface area (Å²) in [6.07, 6.45) is 4.60. The van der Waals surface area contributed by atoms with Crippen LogP contribution < -0.4 is 16.8 Å². The number of piperidine rings is 1. The van der Waals surface area contributed by atoms with Gasteiger partial charge in [-0.3, -0.25) is 14.8 Å². The molecule has 5 N–H and O–H groups in total. The molecule has 0 amide bonds. The molecule has 2 aliphatic heterocycles. The second-order valence-corrected chi connectivity index (χ2v) is 5.15. The van der Waals surface area contributed by atoms with Gasteiger partial charge in [0.1, 0.15) is 0 Å². The molecule has 0 saturated carbocycles. The number of hydrogen-bond donors (Lipinski definition) is 3. The quantitative estimate of drug-likeness (QED) is 0.442. The number of nitrogens with two attached hydrogens (primary N) is 2. The van der Waals surface area contributed by atoms with Gasteiger partial charge >= 0.3 is 0 Å². The monoisotopic (exact) mass is 254 g/mol. The molecule has 0 aromatic rings. The molecule has 0 spiro atoms. The summed E-state index contributed by atoms with van der Waals surface area (Å²) < 4.78 is 0. The fourth-order valence-electron chi connectivity index (χ4n) is 2.76. The molecule has 0 bridgehead atoms. The predicted molar refractivity (Wildman–Crippen MR) is 74.3 cm³/mol. The molecule has 2 rings (SSSR count). The maximum atomic E-state index is 5.32. The van der Waals surface area contributed by atoms with Crippen LogP contribution in [0.25, 0.3) is 0 Å². The van der Waals surface area contributed by atoms with Gasteiger partial charge in [-0.15, -0.1) is 0 Å². The Morgan fingerprint density at radius 1 is 1.17 bits per heavy atom. The van der Waals surface area contributed by atoms with E-state index in [2.05, 4.69) is 20.1 Å². The summed E-state index contributed by atoms with van der Waals surface area (Å²) in [5.41, 5.74) is 10.6. The van der Waals surface area contributed by atoms with Crippen LogP contribution in [0.1, 0.15) is 19.3 Å². The summed E-state index contributed by atoms with van der Waals surface area (Å²) in [5, 5.41) is 3.61. The molecular weight excluding hydrogens is 228 g/mol. The Morgan fingerprint density at radius 2 is 1.94 bits per heavy atom. The Bertz CT molecular complexity index is 262. The second kappa shape index (κ2) is 6.92. The number of aliphatic imine (C=N–C) groups is 1. The Labute approximate surface area is 109 Å². The molecule has 0 aliphatic carbocycles. The van der Waals surface area contributed by atoms with Crippen LogP contribution >= 0.6 is 0 Å². The Kier molecular flexibility index (Phi) is 5.22. The van der Waals surface area contributed by atoms with Crippen LogP contribution in [-0.4, -0.2) is 67.7 Å². The third kappa shape index (κ3) is 4.12. The first-order valence-corrected chi connectivity index (χ1v) is 7.01. The minimum absolute atomic E-state index is 0.194. The SMILES string of the molecule is NC(N)=NCCN1CCN(C2CCCCN2)CC1. The highest BCUT2D eigenvalue weighted by atomic mass is 15.3. The van der Waals surface area contributed by atoms with E-state index in [1.807, 2.05) is 0 Å². The minimum atomic E-state index is 0.194. The lowest BCUT2D eigenvalue weighted by Gasteiger charge is -2.41. The van der Waals surface area contributed by atoms with Gasteiger partial charge in [-0.1, -0.05) is 0 Å². The van der Waals surface area contributed by atoms with Crippen LogP contribution in [0.15, 0.2) is 4.99 Å². The zero-order chi connectivity index (χ0) is 12.8. The number of piperazine rings is 1. The van der Waals surface area contributed by atoms with E-state index in [4.69, 9.17) is 11.5 Å². The number of nitrogens with zero attached hydrogens (tertiary/aromatic N) is 3. The Morgan fingerprint density at radius 3 is 2.56 bits per heavy atom. The minimum Gasteiger partial charge on any atom is -0.370 e. The van der Waals surface area contributed by atoms with Crippen molar-refractivity contribution in [1.82, 2.24) is 15.1 Å². The van der Waals surface area contributed by atoms with Crippen molar-refractivity contribution in [3.8, 4) is 0 Å². The lowest BCUT2D eigenvalue weighted by atomic mass is 10.1. The average molecular weight is 254 g/mol. The summed E-state index contributed by atoms with van der Waals surface area (Å²) in [5.74, 6) is 0.194. The molecule has 2 fully saturated rings. The van der Waals surface area contributed by atoms with Gasteiger partial charge < -0.3 is 16.8 Å². The molecule has 2 heterocycles. The van der Waals surface area contributed by atoms with Crippen molar-refractivity contribution in [3.63, 3.8) is 0 Å². The number of hydrogen-bond acceptors (Lipinski definition) is 4. The second-order valence-electron chi connectivity index (χ2n) is 5.15. The molecule has 0 aromatic heterocycles. The third-order valence-electron chi connectivity index (χ3n) is 3.84. The van der Waals surface area contributed by atoms with E-state index in [1.54, 1.807) is 0 Å². The van der Waals surface area contributed by atoms with Gasteiger partial charge in [0.25, 0.3) is 0 Å². The van der Waals surface area contributed by atoms with E-state index in [-0.39, 0.29) is 5.96 Å². The number of rotatable bonds is 4. The Hall–Kier alpha value is -0.850. The fraction of sp³-hybridized carbons (Fsp3) is 0.917. The van der Waals surface area contributed by atoms with Gasteiger partial charge in [0.2, 0.25) is 0 Å². The van der Waals surface area contributed by atoms with Crippen molar-refractivity contribution in [2.45, 2.75) is 25.4 Å². The van der Waals surface area contributed by atoms with Crippen molar-refractivity contribution in [2.75, 3.05) is 45.8 Å². The summed E-state index contributed by atoms with van der Waals surface area (Å²) in [7, 11) is 0. The predicted octanol–water partition coefficient (Wildman–Crippen LogP) is -1.02. The number of guanidine groups is 1. The lowest BCUT2D eigenvalue weighted by molar-refractivity contribution is 0.0699. The van der Waals surface area contributed by atoms with Crippen LogP contribution in [0.2, 0.25) is 0 Å². The Balaban J connectivity index is 1.66. The highest BCUT2D eigenvalue weighted by Crippen LogP contribution is 2.13. The molecule has 2 saturated heterocycles. The highest BCUT2D eigenvalue weighted by molar-refractivity contribution is 5.75. The molecule has 1 unspecified atom stereocenters. The summed E-state index contributed by atoms with van der Waals surface area (Å²) in [6, 6.07) is 0. The first-order valence-electron chi connectivity index (χ1n) is 7.01. The first-order chi connectivity index (χ1) is 8.75. The smallest absolute Gasteiger partial charge is 0.185 e. The van der Waals surface area contributed by atoms with Crippen LogP contribution in [-0.2, 0) is 0 Å². The molecule has 1 atom stereocenters. The topological polar surface area (TPSA) is 82.9 Å². The molecule has 0 radical (unpaired) electrons. The van der Waals surface area contributed by atoms with Crippen LogP contribution in [0.4, 0.5) is 0 Å². The van der Waals surface area contributed by atoms with Gasteiger partial charge in [0.05, 0.1) is 12.7 Å². The fourth-order valence-corrected chi connectivity index (χ4v) is 2.76. The third-order valence-corrected chi connectivity index (χ3v) is 3.84. The zero-order valence-electron chi connectivity index (χ0n) is 11.1. The van der Waals surface area contributed by atoms with E-state index in [0.29, 0.717) is 12.7 Å². The first kappa shape index (κ1) is 13.6. The van der Waals surface area contributed by atoms with Crippen molar-refractivity contribution >= 4 is 5.96 Å². The van der Waals surface area contributed by atoms with E-state index in [0.717, 1.165) is 32.7 Å². The molecule has 0 aromatic carbocycles. The van der Waals surface area contributed by atoms with E-state index < -0.39 is 0 Å². The van der Waals surface area contributed by atoms with Crippen LogP contribution in [0.3, 0.4) is 0 Å². The molecule has 2 aliphatic rings. The largest absolute Gasteiger partial charge is 0.370 e. The van der Waals surface area contributed by atoms with Gasteiger partial charge in [0, 0.05) is 32.7 Å². The van der Waals surface area contributed by atoms with Crippen molar-refractivity contribution < 1.29 is 0 Å². The highest BCUT2D eigenvalue weighted by Gasteiger charge is 2.24. The average Bonchev–Trinajstić information content (AvgIpc) is 2.40. The van der Waals surface area contributed by atoms with Gasteiger partial charge in [-0.05, 0) is 25.8 Å². The molecule has 18 heavy (non-hydrogen) atoms. The molecule has 104 valence electrons. The normalized spacial score (nSPS) is 27.0. The van der Waals surface area contributed by atoms with E-state index in [9.17, 15) is 0 Å². The molecule has 6 nitrogen and oxygen atoms in total. The molecule has 6 heteroatoms. The van der Waals surface area contributed by atoms with Crippen molar-refractivity contribution in [2.24, 2.45) is 16.5 Å². The standard InChI is InChI=1S/C12H26N6/c13-12(14)16-5-6-17-7-9-18(10-8-17)11-3-1-2-4-15-11/h11,15H,1-10H2,(H4,13,14,16). The zero-order valence-corrected chi connectivity index (χ0v) is 11.1. The van der Waals surface area contributed by atoms with E-state index >= 15 is 0 Å². The van der Waals surface area contributed by atoms with Gasteiger partial charge in [0.15, 0.2) is 5.96 Å². The van der Waals surface area contributed by atoms with Crippen molar-refractivity contribution in [3.05, 3.63) is 0 Å². The van der Waals surface area contributed by atoms with Crippen LogP contribution in [0.5, 0.6) is 0 Å². The maximum Gasteiger partial charge on any atom is 0.185 e. The summed E-state index contributed by atoms with van der Waals surface area (Å²) >= 11 is 0. The summed E-state index contributed by atoms with van der Waals surface area (Å²) in [4.78, 5) is 9.05. The summed E-state index contributed by atoms with van der Waals surface area (Å²) in [6.45, 7) is 7.40. The maximum absolute atomic E-state index is 5.32.